The first-order valence-corrected chi connectivity index (χ1v) is 9.22. The van der Waals surface area contributed by atoms with Crippen LogP contribution in [0, 0.1) is 12.8 Å². The zero-order chi connectivity index (χ0) is 18.7. The number of hydrogen-bond donors (Lipinski definition) is 1. The Bertz CT molecular complexity index is 784. The van der Waals surface area contributed by atoms with Gasteiger partial charge in [0, 0.05) is 30.4 Å². The van der Waals surface area contributed by atoms with Gasteiger partial charge in [-0.25, -0.2) is 4.98 Å². The van der Waals surface area contributed by atoms with Gasteiger partial charge in [-0.3, -0.25) is 4.79 Å². The van der Waals surface area contributed by atoms with Crippen molar-refractivity contribution in [3.05, 3.63) is 46.6 Å². The molecule has 1 aliphatic rings. The van der Waals surface area contributed by atoms with Gasteiger partial charge < -0.3 is 15.0 Å². The molecule has 5 nitrogen and oxygen atoms in total. The highest BCUT2D eigenvalue weighted by Crippen LogP contribution is 2.32. The van der Waals surface area contributed by atoms with E-state index in [2.05, 4.69) is 17.2 Å². The zero-order valence-corrected chi connectivity index (χ0v) is 16.1. The summed E-state index contributed by atoms with van der Waals surface area (Å²) in [4.78, 5) is 18.9. The van der Waals surface area contributed by atoms with Gasteiger partial charge in [0.2, 0.25) is 0 Å². The van der Waals surface area contributed by atoms with Gasteiger partial charge in [-0.1, -0.05) is 18.5 Å². The van der Waals surface area contributed by atoms with Crippen molar-refractivity contribution in [3.8, 4) is 5.75 Å². The third-order valence-corrected chi connectivity index (χ3v) is 5.23. The minimum absolute atomic E-state index is 0.0517. The van der Waals surface area contributed by atoms with Crippen LogP contribution in [0.15, 0.2) is 30.5 Å². The Morgan fingerprint density at radius 2 is 2.04 bits per heavy atom. The van der Waals surface area contributed by atoms with Crippen molar-refractivity contribution in [2.24, 2.45) is 5.92 Å². The highest BCUT2D eigenvalue weighted by Gasteiger charge is 2.21. The number of ether oxygens (including phenoxy) is 1. The fraction of sp³-hybridized carbons (Fsp3) is 0.400. The second kappa shape index (κ2) is 7.96. The van der Waals surface area contributed by atoms with Crippen LogP contribution in [0.3, 0.4) is 0 Å². The molecular weight excluding hydrogens is 350 g/mol. The van der Waals surface area contributed by atoms with E-state index in [-0.39, 0.29) is 5.91 Å². The summed E-state index contributed by atoms with van der Waals surface area (Å²) in [6.07, 6.45) is 3.75. The molecule has 138 valence electrons. The Balaban J connectivity index is 1.72. The number of rotatable bonds is 4. The Kier molecular flexibility index (Phi) is 5.67. The van der Waals surface area contributed by atoms with Crippen LogP contribution in [0.2, 0.25) is 5.02 Å². The van der Waals surface area contributed by atoms with Crippen LogP contribution in [-0.2, 0) is 0 Å². The van der Waals surface area contributed by atoms with E-state index < -0.39 is 0 Å². The largest absolute Gasteiger partial charge is 0.495 e. The lowest BCUT2D eigenvalue weighted by Gasteiger charge is -2.30. The first-order chi connectivity index (χ1) is 12.5. The number of likely N-dealkylation sites (tertiary alicyclic amines) is 1. The van der Waals surface area contributed by atoms with Crippen molar-refractivity contribution in [2.75, 3.05) is 25.5 Å². The maximum atomic E-state index is 12.6. The fourth-order valence-electron chi connectivity index (χ4n) is 3.06. The summed E-state index contributed by atoms with van der Waals surface area (Å²) < 4.78 is 5.37. The maximum Gasteiger partial charge on any atom is 0.255 e. The van der Waals surface area contributed by atoms with Gasteiger partial charge >= 0.3 is 0 Å². The van der Waals surface area contributed by atoms with Gasteiger partial charge in [-0.15, -0.1) is 0 Å². The molecule has 0 atom stereocenters. The van der Waals surface area contributed by atoms with E-state index >= 15 is 0 Å². The molecule has 1 aromatic heterocycles. The van der Waals surface area contributed by atoms with Crippen LogP contribution in [0.5, 0.6) is 5.75 Å². The lowest BCUT2D eigenvalue weighted by atomic mass is 9.99. The van der Waals surface area contributed by atoms with Gasteiger partial charge in [-0.05, 0) is 49.4 Å². The van der Waals surface area contributed by atoms with Crippen molar-refractivity contribution < 1.29 is 9.53 Å². The molecule has 1 saturated heterocycles. The number of nitrogens with zero attached hydrogens (tertiary/aromatic N) is 2. The highest BCUT2D eigenvalue weighted by atomic mass is 35.5. The summed E-state index contributed by atoms with van der Waals surface area (Å²) >= 11 is 6.14. The van der Waals surface area contributed by atoms with E-state index in [1.54, 1.807) is 19.4 Å². The first-order valence-electron chi connectivity index (χ1n) is 8.84. The number of benzene rings is 1. The smallest absolute Gasteiger partial charge is 0.255 e. The van der Waals surface area contributed by atoms with E-state index in [1.165, 1.54) is 0 Å². The van der Waals surface area contributed by atoms with E-state index in [1.807, 2.05) is 30.0 Å². The number of aryl methyl sites for hydroxylation is 1. The second-order valence-electron chi connectivity index (χ2n) is 6.83. The molecule has 0 bridgehead atoms. The van der Waals surface area contributed by atoms with Crippen LogP contribution in [0.25, 0.3) is 0 Å². The molecule has 0 radical (unpaired) electrons. The number of carbonyl (C=O) groups excluding carboxylic acids is 1. The van der Waals surface area contributed by atoms with Gasteiger partial charge in [-0.2, -0.15) is 0 Å². The number of hydrogen-bond acceptors (Lipinski definition) is 4. The number of aromatic nitrogens is 1. The molecule has 1 aromatic carbocycles. The number of piperidine rings is 1. The number of methoxy groups -OCH3 is 1. The molecule has 0 spiro atoms. The number of nitrogens with one attached hydrogen (secondary N) is 1. The second-order valence-corrected chi connectivity index (χ2v) is 7.24. The van der Waals surface area contributed by atoms with E-state index in [9.17, 15) is 4.79 Å². The Morgan fingerprint density at radius 1 is 1.31 bits per heavy atom. The van der Waals surface area contributed by atoms with Crippen molar-refractivity contribution >= 4 is 29.0 Å². The molecule has 1 fully saturated rings. The minimum atomic E-state index is 0.0517. The van der Waals surface area contributed by atoms with Gasteiger partial charge in [0.1, 0.15) is 11.6 Å². The van der Waals surface area contributed by atoms with Gasteiger partial charge in [0.25, 0.3) is 5.91 Å². The fourth-order valence-corrected chi connectivity index (χ4v) is 3.21. The quantitative estimate of drug-likeness (QED) is 0.846. The number of pyridine rings is 1. The molecule has 3 rings (SSSR count). The van der Waals surface area contributed by atoms with Crippen molar-refractivity contribution in [2.45, 2.75) is 26.7 Å². The summed E-state index contributed by atoms with van der Waals surface area (Å²) in [7, 11) is 1.60. The highest BCUT2D eigenvalue weighted by molar-refractivity contribution is 6.31. The predicted octanol–water partition coefficient (Wildman–Crippen LogP) is 4.67. The van der Waals surface area contributed by atoms with Crippen LogP contribution >= 0.6 is 11.6 Å². The summed E-state index contributed by atoms with van der Waals surface area (Å²) in [6.45, 7) is 5.81. The van der Waals surface area contributed by atoms with Crippen molar-refractivity contribution in [1.29, 1.82) is 0 Å². The summed E-state index contributed by atoms with van der Waals surface area (Å²) in [5.74, 6) is 2.04. The number of amides is 1. The Hall–Kier alpha value is -2.27. The lowest BCUT2D eigenvalue weighted by Crippen LogP contribution is -2.37. The maximum absolute atomic E-state index is 12.6. The first kappa shape index (κ1) is 18.5. The SMILES string of the molecule is COc1cc(Cl)c(C)cc1Nc1ccc(C(=O)N2CCC(C)CC2)cn1. The van der Waals surface area contributed by atoms with Crippen molar-refractivity contribution in [1.82, 2.24) is 9.88 Å². The molecule has 0 unspecified atom stereocenters. The molecule has 26 heavy (non-hydrogen) atoms. The average Bonchev–Trinajstić information content (AvgIpc) is 2.65. The lowest BCUT2D eigenvalue weighted by molar-refractivity contribution is 0.0697. The third-order valence-electron chi connectivity index (χ3n) is 4.82. The normalized spacial score (nSPS) is 15.0. The van der Waals surface area contributed by atoms with Crippen molar-refractivity contribution in [3.63, 3.8) is 0 Å². The monoisotopic (exact) mass is 373 g/mol. The van der Waals surface area contributed by atoms with Crippen LogP contribution in [0.4, 0.5) is 11.5 Å². The number of carbonyl (C=O) groups is 1. The van der Waals surface area contributed by atoms with Crippen LogP contribution in [-0.4, -0.2) is 36.0 Å². The van der Waals surface area contributed by atoms with Gasteiger partial charge in [0.15, 0.2) is 0 Å². The minimum Gasteiger partial charge on any atom is -0.495 e. The molecule has 0 saturated carbocycles. The molecule has 2 heterocycles. The topological polar surface area (TPSA) is 54.5 Å². The van der Waals surface area contributed by atoms with E-state index in [4.69, 9.17) is 16.3 Å². The standard InChI is InChI=1S/C20H24ClN3O2/c1-13-6-8-24(9-7-13)20(25)15-4-5-19(22-12-15)23-17-10-14(2)16(21)11-18(17)26-3/h4-5,10-13H,6-9H2,1-3H3,(H,22,23). The molecule has 1 aliphatic heterocycles. The zero-order valence-electron chi connectivity index (χ0n) is 15.4. The van der Waals surface area contributed by atoms with Gasteiger partial charge in [0.05, 0.1) is 18.4 Å². The summed E-state index contributed by atoms with van der Waals surface area (Å²) in [5.41, 5.74) is 2.34. The number of halogens is 1. The number of anilines is 2. The van der Waals surface area contributed by atoms with Crippen LogP contribution < -0.4 is 10.1 Å². The third kappa shape index (κ3) is 4.10. The summed E-state index contributed by atoms with van der Waals surface area (Å²) in [6, 6.07) is 7.30. The van der Waals surface area contributed by atoms with Crippen LogP contribution in [0.1, 0.15) is 35.7 Å². The van der Waals surface area contributed by atoms with E-state index in [0.29, 0.717) is 28.1 Å². The molecule has 2 aromatic rings. The predicted molar refractivity (Wildman–Crippen MR) is 105 cm³/mol. The molecular formula is C20H24ClN3O2. The molecule has 1 amide bonds. The Labute approximate surface area is 159 Å². The Morgan fingerprint density at radius 3 is 2.65 bits per heavy atom. The molecule has 1 N–H and O–H groups in total. The molecule has 0 aliphatic carbocycles. The molecule has 6 heteroatoms. The summed E-state index contributed by atoms with van der Waals surface area (Å²) in [5, 5.41) is 3.87. The van der Waals surface area contributed by atoms with E-state index in [0.717, 1.165) is 37.2 Å². The average molecular weight is 374 g/mol.